The molecule has 242 valence electrons. The molecular weight excluding hydrogens is 668 g/mol. The lowest BCUT2D eigenvalue weighted by atomic mass is 9.95. The van der Waals surface area contributed by atoms with Crippen LogP contribution in [-0.2, 0) is 20.9 Å². The fraction of sp³-hybridized carbons (Fsp3) is 0.200. The fourth-order valence-corrected chi connectivity index (χ4v) is 5.29. The minimum absolute atomic E-state index is 0.183. The third-order valence-corrected chi connectivity index (χ3v) is 7.79. The molecule has 0 radical (unpaired) electrons. The van der Waals surface area contributed by atoms with Crippen molar-refractivity contribution in [2.24, 2.45) is 5.10 Å². The smallest absolute Gasteiger partial charge is 0.338 e. The van der Waals surface area contributed by atoms with Crippen molar-refractivity contribution in [1.82, 2.24) is 16.1 Å². The lowest BCUT2D eigenvalue weighted by Crippen LogP contribution is -2.45. The van der Waals surface area contributed by atoms with Gasteiger partial charge in [-0.3, -0.25) is 4.79 Å². The molecule has 5 rings (SSSR count). The average molecular weight is 702 g/mol. The number of nitrogens with zero attached hydrogens (tertiary/aromatic N) is 1. The molecule has 11 nitrogen and oxygen atoms in total. The molecule has 4 aromatic carbocycles. The molecular formula is C35H33BrN4O7. The maximum atomic E-state index is 12.7. The summed E-state index contributed by atoms with van der Waals surface area (Å²) in [5.74, 6) is 0.152. The number of ether oxygens (including phenoxy) is 4. The summed E-state index contributed by atoms with van der Waals surface area (Å²) >= 11 is 3.45. The van der Waals surface area contributed by atoms with E-state index in [1.807, 2.05) is 60.7 Å². The van der Waals surface area contributed by atoms with Crippen LogP contribution in [0.1, 0.15) is 36.6 Å². The van der Waals surface area contributed by atoms with E-state index in [1.165, 1.54) is 7.11 Å². The predicted molar refractivity (Wildman–Crippen MR) is 180 cm³/mol. The van der Waals surface area contributed by atoms with Crippen molar-refractivity contribution >= 4 is 50.8 Å². The van der Waals surface area contributed by atoms with Gasteiger partial charge in [0.1, 0.15) is 12.4 Å². The minimum atomic E-state index is -0.777. The first-order valence-electron chi connectivity index (χ1n) is 14.7. The molecule has 0 aromatic heterocycles. The second-order valence-electron chi connectivity index (χ2n) is 10.4. The van der Waals surface area contributed by atoms with Gasteiger partial charge in [0.2, 0.25) is 0 Å². The van der Waals surface area contributed by atoms with Crippen LogP contribution >= 0.6 is 15.9 Å². The van der Waals surface area contributed by atoms with Crippen LogP contribution in [0.15, 0.2) is 99.7 Å². The Bertz CT molecular complexity index is 1860. The molecule has 0 saturated carbocycles. The normalized spacial score (nSPS) is 14.4. The number of fused-ring (bicyclic) bond motifs is 1. The van der Waals surface area contributed by atoms with Crippen LogP contribution in [-0.4, -0.2) is 44.4 Å². The maximum absolute atomic E-state index is 12.7. The molecule has 3 amide bonds. The fourth-order valence-electron chi connectivity index (χ4n) is 5.03. The number of halogens is 1. The molecule has 0 bridgehead atoms. The van der Waals surface area contributed by atoms with Gasteiger partial charge in [0.05, 0.1) is 31.5 Å². The zero-order chi connectivity index (χ0) is 33.3. The summed E-state index contributed by atoms with van der Waals surface area (Å²) in [4.78, 5) is 37.6. The Labute approximate surface area is 280 Å². The van der Waals surface area contributed by atoms with Gasteiger partial charge in [-0.1, -0.05) is 64.5 Å². The van der Waals surface area contributed by atoms with Crippen LogP contribution in [0.2, 0.25) is 0 Å². The minimum Gasteiger partial charge on any atom is -0.493 e. The number of nitrogens with one attached hydrogen (secondary N) is 3. The molecule has 3 N–H and O–H groups in total. The average Bonchev–Trinajstić information content (AvgIpc) is 3.07. The molecule has 0 aliphatic carbocycles. The number of esters is 1. The first-order valence-corrected chi connectivity index (χ1v) is 15.5. The van der Waals surface area contributed by atoms with Crippen LogP contribution in [0.3, 0.4) is 0 Å². The Balaban J connectivity index is 1.26. The number of hydrazone groups is 1. The van der Waals surface area contributed by atoms with Crippen molar-refractivity contribution in [3.05, 3.63) is 111 Å². The van der Waals surface area contributed by atoms with Gasteiger partial charge >= 0.3 is 12.0 Å². The number of allylic oxidation sites excluding steroid dienone is 1. The van der Waals surface area contributed by atoms with E-state index in [4.69, 9.17) is 18.9 Å². The summed E-state index contributed by atoms with van der Waals surface area (Å²) in [6.07, 6.45) is 1.55. The number of methoxy groups -OCH3 is 1. The van der Waals surface area contributed by atoms with Crippen molar-refractivity contribution in [3.8, 4) is 17.2 Å². The Morgan fingerprint density at radius 3 is 2.51 bits per heavy atom. The predicted octanol–water partition coefficient (Wildman–Crippen LogP) is 5.91. The van der Waals surface area contributed by atoms with Gasteiger partial charge in [0.25, 0.3) is 5.91 Å². The second kappa shape index (κ2) is 15.3. The van der Waals surface area contributed by atoms with Gasteiger partial charge in [-0.2, -0.15) is 5.10 Å². The van der Waals surface area contributed by atoms with E-state index in [-0.39, 0.29) is 24.5 Å². The van der Waals surface area contributed by atoms with Crippen LogP contribution in [0.5, 0.6) is 17.2 Å². The maximum Gasteiger partial charge on any atom is 0.338 e. The summed E-state index contributed by atoms with van der Waals surface area (Å²) in [6, 6.07) is 23.2. The highest BCUT2D eigenvalue weighted by molar-refractivity contribution is 9.10. The standard InChI is InChI=1S/C35H33BrN4O7/c1-4-45-34(42)32-21(2)38-35(43)39-33(32)24-12-16-29(30(17-24)44-3)47-20-31(41)40-37-18-27-26-8-6-5-7-23(26)11-15-28(27)46-19-22-9-13-25(36)14-10-22/h5-18,33H,4,19-20H2,1-3H3,(H,40,41)(H2,38,39,43)/b37-18+/t33-/m1/s1. The topological polar surface area (TPSA) is 137 Å². The van der Waals surface area contributed by atoms with E-state index in [1.54, 1.807) is 38.3 Å². The molecule has 0 fully saturated rings. The van der Waals surface area contributed by atoms with Crippen LogP contribution in [0.25, 0.3) is 10.8 Å². The van der Waals surface area contributed by atoms with Crippen molar-refractivity contribution in [1.29, 1.82) is 0 Å². The largest absolute Gasteiger partial charge is 0.493 e. The third kappa shape index (κ3) is 8.08. The number of amides is 3. The van der Waals surface area contributed by atoms with Crippen molar-refractivity contribution < 1.29 is 33.3 Å². The number of hydrogen-bond acceptors (Lipinski definition) is 8. The molecule has 1 heterocycles. The quantitative estimate of drug-likeness (QED) is 0.0950. The number of urea groups is 1. The number of carbonyl (C=O) groups is 3. The lowest BCUT2D eigenvalue weighted by molar-refractivity contribution is -0.139. The van der Waals surface area contributed by atoms with Gasteiger partial charge in [-0.15, -0.1) is 0 Å². The molecule has 47 heavy (non-hydrogen) atoms. The van der Waals surface area contributed by atoms with E-state index in [2.05, 4.69) is 37.1 Å². The Morgan fingerprint density at radius 2 is 1.74 bits per heavy atom. The van der Waals surface area contributed by atoms with E-state index in [9.17, 15) is 14.4 Å². The molecule has 1 aliphatic rings. The lowest BCUT2D eigenvalue weighted by Gasteiger charge is -2.28. The molecule has 0 spiro atoms. The third-order valence-electron chi connectivity index (χ3n) is 7.27. The van der Waals surface area contributed by atoms with Crippen LogP contribution < -0.4 is 30.3 Å². The summed E-state index contributed by atoms with van der Waals surface area (Å²) in [6.45, 7) is 3.52. The highest BCUT2D eigenvalue weighted by atomic mass is 79.9. The van der Waals surface area contributed by atoms with Crippen molar-refractivity contribution in [3.63, 3.8) is 0 Å². The molecule has 0 unspecified atom stereocenters. The molecule has 1 atom stereocenters. The van der Waals surface area contributed by atoms with Crippen molar-refractivity contribution in [2.75, 3.05) is 20.3 Å². The number of carbonyl (C=O) groups excluding carboxylic acids is 3. The molecule has 12 heteroatoms. The van der Waals surface area contributed by atoms with E-state index in [0.29, 0.717) is 29.4 Å². The zero-order valence-corrected chi connectivity index (χ0v) is 27.6. The van der Waals surface area contributed by atoms with Gasteiger partial charge in [-0.05, 0) is 66.1 Å². The van der Waals surface area contributed by atoms with E-state index >= 15 is 0 Å². The first kappa shape index (κ1) is 33.0. The molecule has 4 aromatic rings. The summed E-state index contributed by atoms with van der Waals surface area (Å²) < 4.78 is 23.6. The number of rotatable bonds is 12. The number of hydrogen-bond donors (Lipinski definition) is 3. The molecule has 0 saturated heterocycles. The Morgan fingerprint density at radius 1 is 0.979 bits per heavy atom. The Kier molecular flexibility index (Phi) is 10.7. The summed E-state index contributed by atoms with van der Waals surface area (Å²) in [7, 11) is 1.45. The number of benzene rings is 4. The zero-order valence-electron chi connectivity index (χ0n) is 26.0. The van der Waals surface area contributed by atoms with E-state index < -0.39 is 23.9 Å². The van der Waals surface area contributed by atoms with Gasteiger partial charge < -0.3 is 29.6 Å². The van der Waals surface area contributed by atoms with E-state index in [0.717, 1.165) is 26.4 Å². The van der Waals surface area contributed by atoms with Gasteiger partial charge in [0, 0.05) is 15.7 Å². The van der Waals surface area contributed by atoms with Crippen LogP contribution in [0, 0.1) is 0 Å². The highest BCUT2D eigenvalue weighted by Crippen LogP contribution is 2.35. The summed E-state index contributed by atoms with van der Waals surface area (Å²) in [5.41, 5.74) is 5.45. The molecule has 1 aliphatic heterocycles. The second-order valence-corrected chi connectivity index (χ2v) is 11.3. The van der Waals surface area contributed by atoms with Crippen LogP contribution in [0.4, 0.5) is 4.79 Å². The highest BCUT2D eigenvalue weighted by Gasteiger charge is 2.32. The van der Waals surface area contributed by atoms with Crippen molar-refractivity contribution in [2.45, 2.75) is 26.5 Å². The monoisotopic (exact) mass is 700 g/mol. The SMILES string of the molecule is CCOC(=O)C1=C(C)NC(=O)N[C@@H]1c1ccc(OCC(=O)N/N=C/c2c(OCc3ccc(Br)cc3)ccc3ccccc23)c(OC)c1. The first-order chi connectivity index (χ1) is 22.8. The summed E-state index contributed by atoms with van der Waals surface area (Å²) in [5, 5.41) is 11.5. The Hall–Kier alpha value is -5.36. The van der Waals surface area contributed by atoms with Gasteiger partial charge in [0.15, 0.2) is 18.1 Å². The van der Waals surface area contributed by atoms with Gasteiger partial charge in [-0.25, -0.2) is 15.0 Å².